The molecule has 1 rings (SSSR count). The van der Waals surface area contributed by atoms with Crippen molar-refractivity contribution >= 4 is 11.3 Å². The van der Waals surface area contributed by atoms with E-state index in [0.717, 1.165) is 6.42 Å². The van der Waals surface area contributed by atoms with E-state index in [1.54, 1.807) is 11.3 Å². The molecular formula is C11H18OS. The molecule has 1 nitrogen and oxygen atoms in total. The van der Waals surface area contributed by atoms with Gasteiger partial charge in [-0.1, -0.05) is 32.3 Å². The zero-order chi connectivity index (χ0) is 10.2. The maximum atomic E-state index is 7.10. The summed E-state index contributed by atoms with van der Waals surface area (Å²) in [6, 6.07) is 4.14. The Hall–Kier alpha value is -0.340. The zero-order valence-corrected chi connectivity index (χ0v) is 8.98. The fourth-order valence-electron chi connectivity index (χ4n) is 1.36. The quantitative estimate of drug-likeness (QED) is 0.629. The number of rotatable bonds is 6. The van der Waals surface area contributed by atoms with Crippen LogP contribution in [0.25, 0.3) is 0 Å². The second-order valence-electron chi connectivity index (χ2n) is 3.17. The van der Waals surface area contributed by atoms with Crippen molar-refractivity contribution in [3.05, 3.63) is 22.4 Å². The molecule has 0 aliphatic carbocycles. The lowest BCUT2D eigenvalue weighted by Gasteiger charge is -2.12. The lowest BCUT2D eigenvalue weighted by molar-refractivity contribution is 0.0961. The minimum Gasteiger partial charge on any atom is -0.376 e. The van der Waals surface area contributed by atoms with Gasteiger partial charge in [0.15, 0.2) is 0 Å². The lowest BCUT2D eigenvalue weighted by Crippen LogP contribution is -1.98. The monoisotopic (exact) mass is 199 g/mol. The van der Waals surface area contributed by atoms with Crippen LogP contribution < -0.4 is 0 Å². The van der Waals surface area contributed by atoms with Crippen molar-refractivity contribution < 1.29 is 6.11 Å². The fraction of sp³-hybridized carbons (Fsp3) is 0.636. The standard InChI is InChI=1S/C11H18OS/c1-3-4-5-7-10(12-2)11-8-6-9-13-11/h6,8-10H,3-5,7H2,1-2H3/i2D. The summed E-state index contributed by atoms with van der Waals surface area (Å²) in [5, 5.41) is 2.06. The molecule has 0 aromatic carbocycles. The highest BCUT2D eigenvalue weighted by molar-refractivity contribution is 7.10. The third-order valence-electron chi connectivity index (χ3n) is 2.13. The summed E-state index contributed by atoms with van der Waals surface area (Å²) >= 11 is 1.72. The van der Waals surface area contributed by atoms with E-state index in [9.17, 15) is 0 Å². The van der Waals surface area contributed by atoms with Gasteiger partial charge in [-0.25, -0.2) is 0 Å². The summed E-state index contributed by atoms with van der Waals surface area (Å²) in [4.78, 5) is 1.26. The highest BCUT2D eigenvalue weighted by Crippen LogP contribution is 2.26. The van der Waals surface area contributed by atoms with E-state index in [-0.39, 0.29) is 13.2 Å². The first-order valence-electron chi connectivity index (χ1n) is 5.53. The molecule has 1 aromatic heterocycles. The van der Waals surface area contributed by atoms with Gasteiger partial charge in [0, 0.05) is 12.0 Å². The highest BCUT2D eigenvalue weighted by atomic mass is 32.1. The number of ether oxygens (including phenoxy) is 1. The highest BCUT2D eigenvalue weighted by Gasteiger charge is 2.09. The molecule has 1 atom stereocenters. The molecule has 0 aliphatic heterocycles. The van der Waals surface area contributed by atoms with Crippen molar-refractivity contribution in [2.24, 2.45) is 0 Å². The molecule has 0 aliphatic rings. The molecule has 1 unspecified atom stereocenters. The second kappa shape index (κ2) is 6.17. The Kier molecular flexibility index (Phi) is 4.37. The molecule has 0 spiro atoms. The van der Waals surface area contributed by atoms with Crippen molar-refractivity contribution in [3.8, 4) is 0 Å². The molecule has 2 heteroatoms. The molecule has 0 saturated heterocycles. The average Bonchev–Trinajstić information content (AvgIpc) is 2.70. The Morgan fingerprint density at radius 3 is 3.15 bits per heavy atom. The predicted octanol–water partition coefficient (Wildman–Crippen LogP) is 4.02. The van der Waals surface area contributed by atoms with Crippen molar-refractivity contribution in [2.75, 3.05) is 7.09 Å². The van der Waals surface area contributed by atoms with Crippen LogP contribution in [-0.4, -0.2) is 7.09 Å². The fourth-order valence-corrected chi connectivity index (χ4v) is 2.17. The van der Waals surface area contributed by atoms with E-state index >= 15 is 0 Å². The van der Waals surface area contributed by atoms with Crippen molar-refractivity contribution in [1.82, 2.24) is 0 Å². The summed E-state index contributed by atoms with van der Waals surface area (Å²) < 4.78 is 12.5. The summed E-state index contributed by atoms with van der Waals surface area (Å²) in [5.74, 6) is 0. The van der Waals surface area contributed by atoms with Gasteiger partial charge in [0.05, 0.1) is 7.47 Å². The first-order valence-corrected chi connectivity index (χ1v) is 5.70. The van der Waals surface area contributed by atoms with Gasteiger partial charge in [-0.3, -0.25) is 0 Å². The van der Waals surface area contributed by atoms with Crippen LogP contribution in [0.3, 0.4) is 0 Å². The van der Waals surface area contributed by atoms with E-state index in [2.05, 4.69) is 18.4 Å². The first-order chi connectivity index (χ1) is 6.88. The van der Waals surface area contributed by atoms with E-state index in [4.69, 9.17) is 6.11 Å². The molecule has 13 heavy (non-hydrogen) atoms. The molecule has 1 heterocycles. The summed E-state index contributed by atoms with van der Waals surface area (Å²) in [5.41, 5.74) is 0. The molecule has 0 saturated carbocycles. The van der Waals surface area contributed by atoms with Gasteiger partial charge in [-0.15, -0.1) is 11.3 Å². The molecule has 0 radical (unpaired) electrons. The number of hydrogen-bond acceptors (Lipinski definition) is 2. The summed E-state index contributed by atoms with van der Waals surface area (Å²) in [6.07, 6.45) is 4.88. The lowest BCUT2D eigenvalue weighted by atomic mass is 10.1. The van der Waals surface area contributed by atoms with Gasteiger partial charge in [-0.05, 0) is 17.9 Å². The van der Waals surface area contributed by atoms with Gasteiger partial charge in [0.1, 0.15) is 0 Å². The molecule has 0 bridgehead atoms. The van der Waals surface area contributed by atoms with Crippen LogP contribution in [-0.2, 0) is 4.74 Å². The molecule has 0 N–H and O–H groups in total. The van der Waals surface area contributed by atoms with Crippen LogP contribution in [0.1, 0.15) is 45.0 Å². The maximum absolute atomic E-state index is 7.10. The Bertz CT molecular complexity index is 223. The van der Waals surface area contributed by atoms with Gasteiger partial charge in [0.25, 0.3) is 0 Å². The van der Waals surface area contributed by atoms with Crippen LogP contribution in [0.2, 0.25) is 0 Å². The summed E-state index contributed by atoms with van der Waals surface area (Å²) in [6.45, 7) is 2.20. The number of thiophene rings is 1. The van der Waals surface area contributed by atoms with E-state index in [1.165, 1.54) is 24.1 Å². The third-order valence-corrected chi connectivity index (χ3v) is 3.10. The Labute approximate surface area is 86.1 Å². The van der Waals surface area contributed by atoms with Crippen LogP contribution >= 0.6 is 11.3 Å². The topological polar surface area (TPSA) is 9.23 Å². The van der Waals surface area contributed by atoms with Gasteiger partial charge in [-0.2, -0.15) is 0 Å². The second-order valence-corrected chi connectivity index (χ2v) is 4.15. The van der Waals surface area contributed by atoms with E-state index < -0.39 is 0 Å². The number of hydrogen-bond donors (Lipinski definition) is 0. The van der Waals surface area contributed by atoms with E-state index in [1.807, 2.05) is 6.07 Å². The Morgan fingerprint density at radius 2 is 2.54 bits per heavy atom. The van der Waals surface area contributed by atoms with Crippen LogP contribution in [0.5, 0.6) is 0 Å². The van der Waals surface area contributed by atoms with Crippen molar-refractivity contribution in [1.29, 1.82) is 0 Å². The Balaban J connectivity index is 2.39. The normalized spacial score (nSPS) is 14.1. The molecular weight excluding hydrogens is 180 g/mol. The molecule has 1 aromatic rings. The SMILES string of the molecule is [2H]COC(CCCCC)c1cccs1. The van der Waals surface area contributed by atoms with Gasteiger partial charge in [0.2, 0.25) is 0 Å². The maximum Gasteiger partial charge on any atom is 0.0912 e. The molecule has 0 amide bonds. The number of unbranched alkanes of at least 4 members (excludes halogenated alkanes) is 2. The molecule has 0 fully saturated rings. The molecule has 74 valence electrons. The third kappa shape index (κ3) is 3.49. The van der Waals surface area contributed by atoms with E-state index in [0.29, 0.717) is 0 Å². The zero-order valence-electron chi connectivity index (χ0n) is 9.16. The predicted molar refractivity (Wildman–Crippen MR) is 58.2 cm³/mol. The smallest absolute Gasteiger partial charge is 0.0912 e. The minimum atomic E-state index is 0.0642. The van der Waals surface area contributed by atoms with Crippen molar-refractivity contribution in [2.45, 2.75) is 38.7 Å². The van der Waals surface area contributed by atoms with Crippen LogP contribution in [0.4, 0.5) is 0 Å². The van der Waals surface area contributed by atoms with Crippen LogP contribution in [0, 0.1) is 0 Å². The van der Waals surface area contributed by atoms with Crippen LogP contribution in [0.15, 0.2) is 17.5 Å². The van der Waals surface area contributed by atoms with Gasteiger partial charge >= 0.3 is 0 Å². The van der Waals surface area contributed by atoms with Gasteiger partial charge < -0.3 is 4.74 Å². The summed E-state index contributed by atoms with van der Waals surface area (Å²) in [7, 11) is 0.0642. The largest absolute Gasteiger partial charge is 0.376 e. The average molecular weight is 199 g/mol. The Morgan fingerprint density at radius 1 is 1.62 bits per heavy atom. The number of methoxy groups -OCH3 is 1. The van der Waals surface area contributed by atoms with Crippen molar-refractivity contribution in [3.63, 3.8) is 0 Å². The first kappa shape index (κ1) is 9.22. The minimum absolute atomic E-state index is 0.0642.